The normalized spacial score (nSPS) is 12.2. The number of amides is 1. The van der Waals surface area contributed by atoms with Crippen LogP contribution in [0, 0.1) is 0 Å². The molecule has 3 aromatic carbocycles. The topological polar surface area (TPSA) is 105 Å². The molecule has 3 rings (SSSR count). The first-order valence-corrected chi connectivity index (χ1v) is 14.5. The zero-order valence-electron chi connectivity index (χ0n) is 21.4. The lowest BCUT2D eigenvalue weighted by Crippen LogP contribution is -2.29. The minimum absolute atomic E-state index is 0.186. The third kappa shape index (κ3) is 9.31. The van der Waals surface area contributed by atoms with Gasteiger partial charge < -0.3 is 15.2 Å². The van der Waals surface area contributed by atoms with Gasteiger partial charge in [0.1, 0.15) is 5.75 Å². The van der Waals surface area contributed by atoms with Crippen molar-refractivity contribution in [1.29, 1.82) is 0 Å². The number of hydrogen-bond donors (Lipinski definition) is 3. The average Bonchev–Trinajstić information content (AvgIpc) is 2.89. The molecule has 37 heavy (non-hydrogen) atoms. The van der Waals surface area contributed by atoms with Crippen LogP contribution in [-0.4, -0.2) is 45.4 Å². The summed E-state index contributed by atoms with van der Waals surface area (Å²) in [6, 6.07) is 22.9. The van der Waals surface area contributed by atoms with Crippen LogP contribution in [0.1, 0.15) is 53.8 Å². The van der Waals surface area contributed by atoms with Crippen LogP contribution < -0.4 is 14.8 Å². The Morgan fingerprint density at radius 2 is 1.68 bits per heavy atom. The molecule has 0 bridgehead atoms. The summed E-state index contributed by atoms with van der Waals surface area (Å²) in [5, 5.41) is 13.6. The van der Waals surface area contributed by atoms with Crippen molar-refractivity contribution in [3.63, 3.8) is 0 Å². The highest BCUT2D eigenvalue weighted by Gasteiger charge is 2.17. The van der Waals surface area contributed by atoms with Crippen LogP contribution >= 0.6 is 0 Å². The van der Waals surface area contributed by atoms with Gasteiger partial charge in [-0.3, -0.25) is 4.79 Å². The molecule has 0 spiro atoms. The first-order valence-electron chi connectivity index (χ1n) is 12.6. The molecule has 7 nitrogen and oxygen atoms in total. The van der Waals surface area contributed by atoms with Gasteiger partial charge in [0.2, 0.25) is 10.0 Å². The minimum Gasteiger partial charge on any atom is -0.493 e. The van der Waals surface area contributed by atoms with Gasteiger partial charge in [0.05, 0.1) is 24.5 Å². The lowest BCUT2D eigenvalue weighted by Gasteiger charge is -2.14. The summed E-state index contributed by atoms with van der Waals surface area (Å²) in [5.74, 6) is -0.347. The minimum atomic E-state index is -3.69. The fourth-order valence-electron chi connectivity index (χ4n) is 3.89. The maximum Gasteiger partial charge on any atom is 0.268 e. The summed E-state index contributed by atoms with van der Waals surface area (Å²) in [5.41, 5.74) is 4.08. The van der Waals surface area contributed by atoms with Crippen molar-refractivity contribution >= 4 is 15.9 Å². The fourth-order valence-corrected chi connectivity index (χ4v) is 4.34. The summed E-state index contributed by atoms with van der Waals surface area (Å²) in [4.78, 5) is 12.5. The number of benzene rings is 3. The maximum absolute atomic E-state index is 12.5. The van der Waals surface area contributed by atoms with E-state index < -0.39 is 22.0 Å². The smallest absolute Gasteiger partial charge is 0.268 e. The number of sulfonamides is 1. The average molecular weight is 525 g/mol. The molecule has 0 aliphatic heterocycles. The summed E-state index contributed by atoms with van der Waals surface area (Å²) >= 11 is 0. The molecule has 0 aliphatic carbocycles. The van der Waals surface area contributed by atoms with Crippen LogP contribution in [0.4, 0.5) is 0 Å². The fraction of sp³-hybridized carbons (Fsp3) is 0.345. The van der Waals surface area contributed by atoms with Crippen molar-refractivity contribution in [2.45, 2.75) is 38.7 Å². The van der Waals surface area contributed by atoms with Crippen LogP contribution in [0.3, 0.4) is 0 Å². The monoisotopic (exact) mass is 524 g/mol. The molecule has 0 radical (unpaired) electrons. The van der Waals surface area contributed by atoms with E-state index in [2.05, 4.69) is 24.4 Å². The predicted octanol–water partition coefficient (Wildman–Crippen LogP) is 4.48. The quantitative estimate of drug-likeness (QED) is 0.269. The molecule has 198 valence electrons. The Bertz CT molecular complexity index is 1250. The summed E-state index contributed by atoms with van der Waals surface area (Å²) in [7, 11) is -3.69. The van der Waals surface area contributed by atoms with E-state index >= 15 is 0 Å². The molecule has 0 aliphatic rings. The number of carbonyl (C=O) groups is 1. The van der Waals surface area contributed by atoms with E-state index in [1.807, 2.05) is 47.2 Å². The number of carbonyl (C=O) groups excluding carboxylic acids is 1. The molecule has 0 aromatic heterocycles. The lowest BCUT2D eigenvalue weighted by atomic mass is 10.0. The summed E-state index contributed by atoms with van der Waals surface area (Å²) < 4.78 is 31.0. The van der Waals surface area contributed by atoms with Gasteiger partial charge in [0.15, 0.2) is 0 Å². The Morgan fingerprint density at radius 1 is 0.973 bits per heavy atom. The van der Waals surface area contributed by atoms with E-state index in [1.54, 1.807) is 18.2 Å². The van der Waals surface area contributed by atoms with Crippen molar-refractivity contribution in [3.8, 4) is 16.9 Å². The van der Waals surface area contributed by atoms with Crippen molar-refractivity contribution in [2.24, 2.45) is 0 Å². The molecule has 3 N–H and O–H groups in total. The first kappa shape index (κ1) is 28.4. The molecule has 1 atom stereocenters. The van der Waals surface area contributed by atoms with Gasteiger partial charge in [-0.25, -0.2) is 13.1 Å². The molecule has 1 amide bonds. The van der Waals surface area contributed by atoms with Gasteiger partial charge in [-0.1, -0.05) is 80.4 Å². The number of ether oxygens (including phenoxy) is 1. The second kappa shape index (κ2) is 13.9. The van der Waals surface area contributed by atoms with Gasteiger partial charge >= 0.3 is 0 Å². The first-order chi connectivity index (χ1) is 17.8. The number of unbranched alkanes of at least 4 members (excludes halogenated alkanes) is 2. The predicted molar refractivity (Wildman–Crippen MR) is 147 cm³/mol. The Kier molecular flexibility index (Phi) is 10.7. The van der Waals surface area contributed by atoms with Crippen molar-refractivity contribution < 1.29 is 23.1 Å². The van der Waals surface area contributed by atoms with Crippen LogP contribution in [-0.2, 0) is 16.4 Å². The maximum atomic E-state index is 12.5. The van der Waals surface area contributed by atoms with E-state index in [9.17, 15) is 18.3 Å². The van der Waals surface area contributed by atoms with Gasteiger partial charge in [-0.2, -0.15) is 0 Å². The summed E-state index contributed by atoms with van der Waals surface area (Å²) in [6.45, 7) is 3.77. The molecule has 3 aromatic rings. The number of hydrogen-bond acceptors (Lipinski definition) is 6. The SMILES string of the molecule is CCCCCOc1cc(-c2ccc(CCNC[C@H](O)c3ccccc3)cc2)ccc1C(=O)NS(C)(=O)=O. The lowest BCUT2D eigenvalue weighted by molar-refractivity contribution is 0.0977. The van der Waals surface area contributed by atoms with Gasteiger partial charge in [0, 0.05) is 6.54 Å². The standard InChI is InChI=1S/C29H36N2O5S/c1-3-4-8-19-36-28-20-25(15-16-26(28)29(33)31-37(2,34)35)23-13-11-22(12-14-23)17-18-30-21-27(32)24-9-6-5-7-10-24/h5-7,9-16,20,27,30,32H,3-4,8,17-19,21H2,1-2H3,(H,31,33)/t27-/m0/s1. The molecule has 0 fully saturated rings. The summed E-state index contributed by atoms with van der Waals surface area (Å²) in [6.07, 6.45) is 4.12. The molecule has 0 saturated heterocycles. The van der Waals surface area contributed by atoms with E-state index in [0.29, 0.717) is 18.9 Å². The van der Waals surface area contributed by atoms with Gasteiger partial charge in [0.25, 0.3) is 5.91 Å². The highest BCUT2D eigenvalue weighted by atomic mass is 32.2. The third-order valence-electron chi connectivity index (χ3n) is 5.91. The molecule has 0 unspecified atom stereocenters. The largest absolute Gasteiger partial charge is 0.493 e. The Morgan fingerprint density at radius 3 is 2.35 bits per heavy atom. The highest BCUT2D eigenvalue weighted by Crippen LogP contribution is 2.28. The number of rotatable bonds is 14. The van der Waals surface area contributed by atoms with Crippen molar-refractivity contribution in [2.75, 3.05) is 26.0 Å². The second-order valence-electron chi connectivity index (χ2n) is 9.05. The zero-order valence-corrected chi connectivity index (χ0v) is 22.3. The molecule has 0 heterocycles. The molecule has 8 heteroatoms. The van der Waals surface area contributed by atoms with Gasteiger partial charge in [-0.15, -0.1) is 0 Å². The van der Waals surface area contributed by atoms with Gasteiger partial charge in [-0.05, 0) is 53.8 Å². The second-order valence-corrected chi connectivity index (χ2v) is 10.8. The molecular weight excluding hydrogens is 488 g/mol. The Hall–Kier alpha value is -3.20. The number of nitrogens with one attached hydrogen (secondary N) is 2. The third-order valence-corrected chi connectivity index (χ3v) is 6.47. The van der Waals surface area contributed by atoms with Crippen LogP contribution in [0.5, 0.6) is 5.75 Å². The molecule has 0 saturated carbocycles. The highest BCUT2D eigenvalue weighted by molar-refractivity contribution is 7.89. The number of aliphatic hydroxyl groups excluding tert-OH is 1. The van der Waals surface area contributed by atoms with E-state index in [-0.39, 0.29) is 5.56 Å². The number of aliphatic hydroxyl groups is 1. The van der Waals surface area contributed by atoms with Crippen LogP contribution in [0.2, 0.25) is 0 Å². The Balaban J connectivity index is 1.63. The van der Waals surface area contributed by atoms with Crippen molar-refractivity contribution in [1.82, 2.24) is 10.0 Å². The van der Waals surface area contributed by atoms with Crippen LogP contribution in [0.15, 0.2) is 72.8 Å². The van der Waals surface area contributed by atoms with Crippen molar-refractivity contribution in [3.05, 3.63) is 89.5 Å². The van der Waals surface area contributed by atoms with Crippen LogP contribution in [0.25, 0.3) is 11.1 Å². The van der Waals surface area contributed by atoms with E-state index in [1.165, 1.54) is 0 Å². The zero-order chi connectivity index (χ0) is 26.7. The van der Waals surface area contributed by atoms with E-state index in [0.717, 1.165) is 60.7 Å². The van der Waals surface area contributed by atoms with E-state index in [4.69, 9.17) is 4.74 Å². The molecular formula is C29H36N2O5S. The Labute approximate surface area is 219 Å².